The third-order valence-electron chi connectivity index (χ3n) is 2.22. The van der Waals surface area contributed by atoms with Crippen LogP contribution in [-0.4, -0.2) is 41.3 Å². The van der Waals surface area contributed by atoms with Gasteiger partial charge in [-0.25, -0.2) is 18.1 Å². The first kappa shape index (κ1) is 15.6. The smallest absolute Gasteiger partial charge is 0.322 e. The molecule has 19 heavy (non-hydrogen) atoms. The molecule has 0 aliphatic carbocycles. The van der Waals surface area contributed by atoms with Gasteiger partial charge in [-0.3, -0.25) is 4.79 Å². The Kier molecular flexibility index (Phi) is 4.70. The lowest BCUT2D eigenvalue weighted by atomic mass is 10.0. The zero-order chi connectivity index (χ0) is 14.7. The van der Waals surface area contributed by atoms with Crippen LogP contribution in [-0.2, 0) is 21.2 Å². The molecular formula is C11H19N3O4S. The number of carboxylic acids is 1. The van der Waals surface area contributed by atoms with E-state index in [0.29, 0.717) is 5.69 Å². The van der Waals surface area contributed by atoms with Crippen molar-refractivity contribution in [2.24, 2.45) is 5.41 Å². The van der Waals surface area contributed by atoms with Crippen LogP contribution in [0.1, 0.15) is 26.5 Å². The predicted molar refractivity (Wildman–Crippen MR) is 70.1 cm³/mol. The Morgan fingerprint density at radius 1 is 1.53 bits per heavy atom. The number of hydrogen-bond acceptors (Lipinski definition) is 4. The molecule has 1 rings (SSSR count). The molecule has 0 saturated heterocycles. The first-order valence-electron chi connectivity index (χ1n) is 5.79. The fraction of sp³-hybridized carbons (Fsp3) is 0.636. The number of aromatic amines is 1. The molecule has 0 aliphatic rings. The number of carboxylic acid groups (broad SMARTS) is 1. The number of rotatable bonds is 6. The molecule has 0 spiro atoms. The number of imidazole rings is 1. The van der Waals surface area contributed by atoms with E-state index in [9.17, 15) is 13.2 Å². The number of H-pyrrole nitrogens is 1. The largest absolute Gasteiger partial charge is 0.480 e. The molecule has 0 fully saturated rings. The highest BCUT2D eigenvalue weighted by atomic mass is 32.2. The van der Waals surface area contributed by atoms with Crippen molar-refractivity contribution in [3.05, 3.63) is 18.2 Å². The second-order valence-electron chi connectivity index (χ2n) is 5.61. The molecule has 1 aromatic heterocycles. The van der Waals surface area contributed by atoms with Crippen LogP contribution < -0.4 is 4.72 Å². The minimum Gasteiger partial charge on any atom is -0.480 e. The summed E-state index contributed by atoms with van der Waals surface area (Å²) < 4.78 is 26.0. The van der Waals surface area contributed by atoms with Gasteiger partial charge in [-0.05, 0) is 5.41 Å². The van der Waals surface area contributed by atoms with Crippen molar-refractivity contribution >= 4 is 16.0 Å². The summed E-state index contributed by atoms with van der Waals surface area (Å²) in [5.74, 6) is -1.35. The van der Waals surface area contributed by atoms with Crippen molar-refractivity contribution in [1.29, 1.82) is 0 Å². The van der Waals surface area contributed by atoms with Gasteiger partial charge in [0.1, 0.15) is 6.04 Å². The maximum atomic E-state index is 11.9. The van der Waals surface area contributed by atoms with Gasteiger partial charge in [-0.15, -0.1) is 0 Å². The van der Waals surface area contributed by atoms with Crippen LogP contribution in [0, 0.1) is 5.41 Å². The lowest BCUT2D eigenvalue weighted by Crippen LogP contribution is -2.45. The zero-order valence-electron chi connectivity index (χ0n) is 11.2. The summed E-state index contributed by atoms with van der Waals surface area (Å²) in [5, 5.41) is 9.07. The summed E-state index contributed by atoms with van der Waals surface area (Å²) in [6, 6.07) is -1.20. The van der Waals surface area contributed by atoms with E-state index in [1.54, 1.807) is 20.8 Å². The zero-order valence-corrected chi connectivity index (χ0v) is 12.0. The SMILES string of the molecule is CC(C)(C)CS(=O)(=O)N[C@@H](Cc1cnc[nH]1)C(=O)O. The topological polar surface area (TPSA) is 112 Å². The molecule has 0 bridgehead atoms. The van der Waals surface area contributed by atoms with Crippen molar-refractivity contribution in [2.75, 3.05) is 5.75 Å². The second kappa shape index (κ2) is 5.70. The molecule has 7 nitrogen and oxygen atoms in total. The van der Waals surface area contributed by atoms with Crippen molar-refractivity contribution in [1.82, 2.24) is 14.7 Å². The standard InChI is InChI=1S/C11H19N3O4S/c1-11(2,3)6-19(17,18)14-9(10(15)16)4-8-5-12-7-13-8/h5,7,9,14H,4,6H2,1-3H3,(H,12,13)(H,15,16)/t9-/m0/s1. The first-order valence-corrected chi connectivity index (χ1v) is 7.44. The minimum atomic E-state index is -3.65. The average Bonchev–Trinajstić information content (AvgIpc) is 2.64. The molecule has 0 saturated carbocycles. The Morgan fingerprint density at radius 2 is 2.16 bits per heavy atom. The summed E-state index contributed by atoms with van der Waals surface area (Å²) in [6.07, 6.45) is 2.91. The van der Waals surface area contributed by atoms with E-state index < -0.39 is 27.4 Å². The van der Waals surface area contributed by atoms with E-state index in [4.69, 9.17) is 5.11 Å². The Balaban J connectivity index is 2.76. The molecular weight excluding hydrogens is 270 g/mol. The van der Waals surface area contributed by atoms with Gasteiger partial charge < -0.3 is 10.1 Å². The van der Waals surface area contributed by atoms with Gasteiger partial charge in [0.2, 0.25) is 10.0 Å². The number of sulfonamides is 1. The lowest BCUT2D eigenvalue weighted by Gasteiger charge is -2.20. The summed E-state index contributed by atoms with van der Waals surface area (Å²) in [5.41, 5.74) is 0.119. The number of nitrogens with one attached hydrogen (secondary N) is 2. The van der Waals surface area contributed by atoms with Gasteiger partial charge >= 0.3 is 5.97 Å². The molecule has 1 aromatic rings. The van der Waals surface area contributed by atoms with Crippen molar-refractivity contribution < 1.29 is 18.3 Å². The summed E-state index contributed by atoms with van der Waals surface area (Å²) in [6.45, 7) is 5.32. The van der Waals surface area contributed by atoms with Gasteiger partial charge in [0, 0.05) is 18.3 Å². The fourth-order valence-electron chi connectivity index (χ4n) is 1.62. The Hall–Kier alpha value is -1.41. The molecule has 1 heterocycles. The average molecular weight is 289 g/mol. The van der Waals surface area contributed by atoms with Gasteiger partial charge in [-0.1, -0.05) is 20.8 Å². The summed E-state index contributed by atoms with van der Waals surface area (Å²) in [7, 11) is -3.65. The highest BCUT2D eigenvalue weighted by molar-refractivity contribution is 7.89. The van der Waals surface area contributed by atoms with E-state index in [1.165, 1.54) is 12.5 Å². The van der Waals surface area contributed by atoms with Crippen molar-refractivity contribution in [3.8, 4) is 0 Å². The monoisotopic (exact) mass is 289 g/mol. The van der Waals surface area contributed by atoms with Gasteiger partial charge in [0.15, 0.2) is 0 Å². The molecule has 0 amide bonds. The summed E-state index contributed by atoms with van der Waals surface area (Å²) >= 11 is 0. The summed E-state index contributed by atoms with van der Waals surface area (Å²) in [4.78, 5) is 17.6. The number of aliphatic carboxylic acids is 1. The molecule has 3 N–H and O–H groups in total. The normalized spacial score (nSPS) is 14.3. The number of nitrogens with zero attached hydrogens (tertiary/aromatic N) is 1. The van der Waals surface area contributed by atoms with E-state index in [0.717, 1.165) is 0 Å². The Morgan fingerprint density at radius 3 is 2.58 bits per heavy atom. The minimum absolute atomic E-state index is 0.0265. The lowest BCUT2D eigenvalue weighted by molar-refractivity contribution is -0.138. The molecule has 0 unspecified atom stereocenters. The third-order valence-corrected chi connectivity index (χ3v) is 4.11. The Labute approximate surface area is 112 Å². The molecule has 8 heteroatoms. The number of carbonyl (C=O) groups is 1. The van der Waals surface area contributed by atoms with E-state index >= 15 is 0 Å². The maximum absolute atomic E-state index is 11.9. The van der Waals surface area contributed by atoms with Crippen LogP contribution in [0.4, 0.5) is 0 Å². The van der Waals surface area contributed by atoms with Crippen molar-refractivity contribution in [2.45, 2.75) is 33.2 Å². The third kappa shape index (κ3) is 5.84. The van der Waals surface area contributed by atoms with Gasteiger partial charge in [-0.2, -0.15) is 0 Å². The molecule has 108 valence electrons. The van der Waals surface area contributed by atoms with E-state index in [2.05, 4.69) is 14.7 Å². The van der Waals surface area contributed by atoms with Crippen LogP contribution in [0.15, 0.2) is 12.5 Å². The molecule has 0 aromatic carbocycles. The predicted octanol–water partition coefficient (Wildman–Crippen LogP) is 0.371. The van der Waals surface area contributed by atoms with Crippen molar-refractivity contribution in [3.63, 3.8) is 0 Å². The van der Waals surface area contributed by atoms with Gasteiger partial charge in [0.25, 0.3) is 0 Å². The van der Waals surface area contributed by atoms with E-state index in [-0.39, 0.29) is 12.2 Å². The van der Waals surface area contributed by atoms with Crippen LogP contribution in [0.25, 0.3) is 0 Å². The number of hydrogen-bond donors (Lipinski definition) is 3. The van der Waals surface area contributed by atoms with Crippen LogP contribution >= 0.6 is 0 Å². The molecule has 0 aliphatic heterocycles. The first-order chi connectivity index (χ1) is 8.59. The second-order valence-corrected chi connectivity index (χ2v) is 7.36. The fourth-order valence-corrected chi connectivity index (χ4v) is 3.47. The van der Waals surface area contributed by atoms with Gasteiger partial charge in [0.05, 0.1) is 12.1 Å². The van der Waals surface area contributed by atoms with Crippen LogP contribution in [0.2, 0.25) is 0 Å². The molecule has 1 atom stereocenters. The number of aromatic nitrogens is 2. The quantitative estimate of drug-likeness (QED) is 0.700. The van der Waals surface area contributed by atoms with Crippen LogP contribution in [0.5, 0.6) is 0 Å². The highest BCUT2D eigenvalue weighted by Crippen LogP contribution is 2.16. The maximum Gasteiger partial charge on any atom is 0.322 e. The molecule has 0 radical (unpaired) electrons. The highest BCUT2D eigenvalue weighted by Gasteiger charge is 2.28. The van der Waals surface area contributed by atoms with E-state index in [1.807, 2.05) is 0 Å². The Bertz CT molecular complexity index is 517. The van der Waals surface area contributed by atoms with Crippen LogP contribution in [0.3, 0.4) is 0 Å².